The lowest BCUT2D eigenvalue weighted by Gasteiger charge is -2.13. The van der Waals surface area contributed by atoms with Crippen LogP contribution in [0.4, 0.5) is 5.69 Å². The number of nitrogens with zero attached hydrogens (tertiary/aromatic N) is 1. The summed E-state index contributed by atoms with van der Waals surface area (Å²) in [5, 5.41) is 0. The van der Waals surface area contributed by atoms with Crippen molar-refractivity contribution in [3.05, 3.63) is 29.3 Å². The van der Waals surface area contributed by atoms with E-state index in [1.165, 1.54) is 36.9 Å². The predicted octanol–water partition coefficient (Wildman–Crippen LogP) is 2.77. The SMILES string of the molecule is CCCCCN1Cc2ccc(N)cc2C1. The van der Waals surface area contributed by atoms with Crippen LogP contribution in [0.15, 0.2) is 18.2 Å². The molecule has 1 aromatic rings. The molecule has 0 saturated carbocycles. The lowest BCUT2D eigenvalue weighted by Crippen LogP contribution is -2.17. The molecule has 0 aromatic heterocycles. The van der Waals surface area contributed by atoms with Crippen LogP contribution in [0, 0.1) is 0 Å². The third-order valence-corrected chi connectivity index (χ3v) is 3.10. The Bertz CT molecular complexity index is 333. The van der Waals surface area contributed by atoms with Gasteiger partial charge in [-0.05, 0) is 36.2 Å². The van der Waals surface area contributed by atoms with Gasteiger partial charge in [0.15, 0.2) is 0 Å². The predicted molar refractivity (Wildman–Crippen MR) is 64.5 cm³/mol. The smallest absolute Gasteiger partial charge is 0.0317 e. The number of anilines is 1. The van der Waals surface area contributed by atoms with E-state index in [9.17, 15) is 0 Å². The van der Waals surface area contributed by atoms with Crippen molar-refractivity contribution >= 4 is 5.69 Å². The standard InChI is InChI=1S/C13H20N2/c1-2-3-4-7-15-9-11-5-6-13(14)8-12(11)10-15/h5-6,8H,2-4,7,9-10,14H2,1H3. The molecular formula is C13H20N2. The lowest BCUT2D eigenvalue weighted by atomic mass is 10.1. The largest absolute Gasteiger partial charge is 0.399 e. The van der Waals surface area contributed by atoms with Gasteiger partial charge in [-0.15, -0.1) is 0 Å². The minimum absolute atomic E-state index is 0.893. The van der Waals surface area contributed by atoms with Gasteiger partial charge in [-0.2, -0.15) is 0 Å². The van der Waals surface area contributed by atoms with Crippen molar-refractivity contribution in [2.75, 3.05) is 12.3 Å². The molecule has 1 aliphatic rings. The number of hydrogen-bond donors (Lipinski definition) is 1. The number of hydrogen-bond acceptors (Lipinski definition) is 2. The van der Waals surface area contributed by atoms with Crippen molar-refractivity contribution in [1.82, 2.24) is 4.90 Å². The van der Waals surface area contributed by atoms with Crippen LogP contribution in [0.3, 0.4) is 0 Å². The quantitative estimate of drug-likeness (QED) is 0.603. The first-order valence-electron chi connectivity index (χ1n) is 5.89. The van der Waals surface area contributed by atoms with Gasteiger partial charge in [0.25, 0.3) is 0 Å². The van der Waals surface area contributed by atoms with Crippen LogP contribution in [-0.2, 0) is 13.1 Å². The molecule has 15 heavy (non-hydrogen) atoms. The average molecular weight is 204 g/mol. The van der Waals surface area contributed by atoms with E-state index in [1.807, 2.05) is 6.07 Å². The number of rotatable bonds is 4. The Hall–Kier alpha value is -1.02. The van der Waals surface area contributed by atoms with E-state index < -0.39 is 0 Å². The molecule has 0 saturated heterocycles. The number of nitrogen functional groups attached to an aromatic ring is 1. The summed E-state index contributed by atoms with van der Waals surface area (Å²) in [5.74, 6) is 0. The van der Waals surface area contributed by atoms with E-state index in [0.29, 0.717) is 0 Å². The highest BCUT2D eigenvalue weighted by molar-refractivity contribution is 5.46. The van der Waals surface area contributed by atoms with Gasteiger partial charge in [0.2, 0.25) is 0 Å². The zero-order chi connectivity index (χ0) is 10.7. The maximum absolute atomic E-state index is 5.78. The first-order valence-corrected chi connectivity index (χ1v) is 5.89. The Balaban J connectivity index is 1.91. The van der Waals surface area contributed by atoms with E-state index in [-0.39, 0.29) is 0 Å². The Morgan fingerprint density at radius 3 is 2.80 bits per heavy atom. The average Bonchev–Trinajstić information content (AvgIpc) is 2.60. The second-order valence-corrected chi connectivity index (χ2v) is 4.45. The minimum Gasteiger partial charge on any atom is -0.399 e. The van der Waals surface area contributed by atoms with Gasteiger partial charge in [0, 0.05) is 18.8 Å². The number of unbranched alkanes of at least 4 members (excludes halogenated alkanes) is 2. The van der Waals surface area contributed by atoms with Crippen LogP contribution < -0.4 is 5.73 Å². The summed E-state index contributed by atoms with van der Waals surface area (Å²) in [4.78, 5) is 2.51. The summed E-state index contributed by atoms with van der Waals surface area (Å²) < 4.78 is 0. The Morgan fingerprint density at radius 2 is 2.00 bits per heavy atom. The highest BCUT2D eigenvalue weighted by Gasteiger charge is 2.17. The van der Waals surface area contributed by atoms with E-state index in [4.69, 9.17) is 5.73 Å². The molecule has 0 spiro atoms. The number of nitrogens with two attached hydrogens (primary N) is 1. The molecular weight excluding hydrogens is 184 g/mol. The first kappa shape index (κ1) is 10.5. The van der Waals surface area contributed by atoms with Crippen molar-refractivity contribution in [3.8, 4) is 0 Å². The molecule has 2 rings (SSSR count). The molecule has 0 radical (unpaired) electrons. The van der Waals surface area contributed by atoms with Crippen molar-refractivity contribution in [3.63, 3.8) is 0 Å². The van der Waals surface area contributed by atoms with E-state index in [1.54, 1.807) is 0 Å². The third kappa shape index (κ3) is 2.51. The van der Waals surface area contributed by atoms with Crippen LogP contribution in [-0.4, -0.2) is 11.4 Å². The summed E-state index contributed by atoms with van der Waals surface area (Å²) in [6.45, 7) is 5.67. The van der Waals surface area contributed by atoms with Gasteiger partial charge in [-0.25, -0.2) is 0 Å². The molecule has 82 valence electrons. The van der Waals surface area contributed by atoms with Crippen molar-refractivity contribution in [2.24, 2.45) is 0 Å². The highest BCUT2D eigenvalue weighted by Crippen LogP contribution is 2.24. The Kier molecular flexibility index (Phi) is 3.27. The van der Waals surface area contributed by atoms with Crippen LogP contribution >= 0.6 is 0 Å². The molecule has 0 amide bonds. The molecule has 0 aliphatic carbocycles. The lowest BCUT2D eigenvalue weighted by molar-refractivity contribution is 0.277. The van der Waals surface area contributed by atoms with Gasteiger partial charge < -0.3 is 5.73 Å². The summed E-state index contributed by atoms with van der Waals surface area (Å²) in [6.07, 6.45) is 3.96. The van der Waals surface area contributed by atoms with Gasteiger partial charge in [0.1, 0.15) is 0 Å². The molecule has 2 nitrogen and oxygen atoms in total. The zero-order valence-corrected chi connectivity index (χ0v) is 9.50. The van der Waals surface area contributed by atoms with Crippen LogP contribution in [0.25, 0.3) is 0 Å². The summed E-state index contributed by atoms with van der Waals surface area (Å²) >= 11 is 0. The molecule has 1 heterocycles. The van der Waals surface area contributed by atoms with Crippen molar-refractivity contribution in [1.29, 1.82) is 0 Å². The normalized spacial score (nSPS) is 15.5. The van der Waals surface area contributed by atoms with Crippen molar-refractivity contribution < 1.29 is 0 Å². The Morgan fingerprint density at radius 1 is 1.20 bits per heavy atom. The number of fused-ring (bicyclic) bond motifs is 1. The summed E-state index contributed by atoms with van der Waals surface area (Å²) in [7, 11) is 0. The molecule has 1 aliphatic heterocycles. The van der Waals surface area contributed by atoms with Gasteiger partial charge in [-0.3, -0.25) is 4.90 Å². The fourth-order valence-electron chi connectivity index (χ4n) is 2.23. The van der Waals surface area contributed by atoms with E-state index in [0.717, 1.165) is 18.8 Å². The summed E-state index contributed by atoms with van der Waals surface area (Å²) in [5.41, 5.74) is 9.55. The maximum atomic E-state index is 5.78. The molecule has 2 N–H and O–H groups in total. The van der Waals surface area contributed by atoms with Crippen LogP contribution in [0.1, 0.15) is 37.3 Å². The maximum Gasteiger partial charge on any atom is 0.0317 e. The van der Waals surface area contributed by atoms with Crippen LogP contribution in [0.2, 0.25) is 0 Å². The van der Waals surface area contributed by atoms with Gasteiger partial charge in [-0.1, -0.05) is 25.8 Å². The Labute approximate surface area is 92.1 Å². The fourth-order valence-corrected chi connectivity index (χ4v) is 2.23. The van der Waals surface area contributed by atoms with Gasteiger partial charge >= 0.3 is 0 Å². The second-order valence-electron chi connectivity index (χ2n) is 4.45. The minimum atomic E-state index is 0.893. The molecule has 2 heteroatoms. The first-order chi connectivity index (χ1) is 7.29. The second kappa shape index (κ2) is 4.67. The zero-order valence-electron chi connectivity index (χ0n) is 9.50. The summed E-state index contributed by atoms with van der Waals surface area (Å²) in [6, 6.07) is 6.30. The molecule has 0 atom stereocenters. The van der Waals surface area contributed by atoms with E-state index >= 15 is 0 Å². The third-order valence-electron chi connectivity index (χ3n) is 3.10. The van der Waals surface area contributed by atoms with Gasteiger partial charge in [0.05, 0.1) is 0 Å². The molecule has 0 unspecified atom stereocenters. The topological polar surface area (TPSA) is 29.3 Å². The molecule has 0 bridgehead atoms. The van der Waals surface area contributed by atoms with Crippen LogP contribution in [0.5, 0.6) is 0 Å². The van der Waals surface area contributed by atoms with Crippen molar-refractivity contribution in [2.45, 2.75) is 39.3 Å². The van der Waals surface area contributed by atoms with E-state index in [2.05, 4.69) is 24.0 Å². The fraction of sp³-hybridized carbons (Fsp3) is 0.538. The number of benzene rings is 1. The molecule has 0 fully saturated rings. The molecule has 1 aromatic carbocycles. The monoisotopic (exact) mass is 204 g/mol. The highest BCUT2D eigenvalue weighted by atomic mass is 15.1.